The van der Waals surface area contributed by atoms with Crippen molar-refractivity contribution in [1.29, 1.82) is 0 Å². The minimum Gasteiger partial charge on any atom is -0.354 e. The van der Waals surface area contributed by atoms with Crippen molar-refractivity contribution in [1.82, 2.24) is 10.2 Å². The first-order valence-electron chi connectivity index (χ1n) is 13.5. The number of sulfonamides is 1. The molecular formula is C31H38ClN3O4S. The zero-order valence-electron chi connectivity index (χ0n) is 23.8. The van der Waals surface area contributed by atoms with Gasteiger partial charge in [0, 0.05) is 18.1 Å². The topological polar surface area (TPSA) is 86.8 Å². The second-order valence-corrected chi connectivity index (χ2v) is 12.1. The summed E-state index contributed by atoms with van der Waals surface area (Å²) in [5.74, 6) is -0.792. The summed E-state index contributed by atoms with van der Waals surface area (Å²) in [6.07, 6.45) is 1.09. The highest BCUT2D eigenvalue weighted by Gasteiger charge is 2.34. The minimum atomic E-state index is -4.13. The van der Waals surface area contributed by atoms with Gasteiger partial charge in [0.05, 0.1) is 10.6 Å². The lowest BCUT2D eigenvalue weighted by molar-refractivity contribution is -0.140. The molecule has 0 radical (unpaired) electrons. The summed E-state index contributed by atoms with van der Waals surface area (Å²) in [5, 5.41) is 3.35. The smallest absolute Gasteiger partial charge is 0.264 e. The van der Waals surface area contributed by atoms with Gasteiger partial charge in [0.1, 0.15) is 12.6 Å². The number of amides is 2. The summed E-state index contributed by atoms with van der Waals surface area (Å²) < 4.78 is 29.2. The molecule has 3 rings (SSSR count). The van der Waals surface area contributed by atoms with Crippen molar-refractivity contribution in [2.75, 3.05) is 17.4 Å². The van der Waals surface area contributed by atoms with E-state index < -0.39 is 28.5 Å². The molecule has 40 heavy (non-hydrogen) atoms. The summed E-state index contributed by atoms with van der Waals surface area (Å²) in [4.78, 5) is 28.9. The molecule has 3 aromatic carbocycles. The van der Waals surface area contributed by atoms with Gasteiger partial charge < -0.3 is 10.2 Å². The standard InChI is InChI=1S/C31H38ClN3O4S/c1-6-19-33-31(37)28(7-2)34(20-25-12-8-9-13-27(25)32)30(36)21-35(29-14-10-11-23(4)24(29)5)40(38,39)26-17-15-22(3)16-18-26/h8-18,28H,6-7,19-21H2,1-5H3,(H,33,37)/t28-/m1/s1. The van der Waals surface area contributed by atoms with E-state index in [1.165, 1.54) is 4.90 Å². The van der Waals surface area contributed by atoms with Crippen molar-refractivity contribution < 1.29 is 18.0 Å². The van der Waals surface area contributed by atoms with Crippen LogP contribution in [0.4, 0.5) is 5.69 Å². The molecule has 0 unspecified atom stereocenters. The maximum atomic E-state index is 14.1. The quantitative estimate of drug-likeness (QED) is 0.292. The number of carbonyl (C=O) groups excluding carboxylic acids is 2. The average molecular weight is 584 g/mol. The summed E-state index contributed by atoms with van der Waals surface area (Å²) >= 11 is 6.44. The van der Waals surface area contributed by atoms with Gasteiger partial charge >= 0.3 is 0 Å². The fourth-order valence-electron chi connectivity index (χ4n) is 4.45. The second-order valence-electron chi connectivity index (χ2n) is 9.87. The third-order valence-corrected chi connectivity index (χ3v) is 9.11. The molecule has 0 aliphatic carbocycles. The van der Waals surface area contributed by atoms with E-state index in [9.17, 15) is 18.0 Å². The van der Waals surface area contributed by atoms with E-state index in [1.54, 1.807) is 54.6 Å². The Labute approximate surface area is 243 Å². The predicted molar refractivity (Wildman–Crippen MR) is 161 cm³/mol. The second kappa shape index (κ2) is 13.8. The molecule has 0 aliphatic rings. The van der Waals surface area contributed by atoms with Crippen LogP contribution in [0.3, 0.4) is 0 Å². The first-order chi connectivity index (χ1) is 19.0. The molecular weight excluding hydrogens is 546 g/mol. The number of anilines is 1. The van der Waals surface area contributed by atoms with Crippen LogP contribution in [-0.2, 0) is 26.2 Å². The van der Waals surface area contributed by atoms with Gasteiger partial charge in [-0.25, -0.2) is 8.42 Å². The van der Waals surface area contributed by atoms with Crippen molar-refractivity contribution in [3.63, 3.8) is 0 Å². The number of hydrogen-bond acceptors (Lipinski definition) is 4. The van der Waals surface area contributed by atoms with Crippen molar-refractivity contribution in [2.45, 2.75) is 64.9 Å². The van der Waals surface area contributed by atoms with Crippen LogP contribution in [0.25, 0.3) is 0 Å². The molecule has 0 heterocycles. The molecule has 7 nitrogen and oxygen atoms in total. The molecule has 1 N–H and O–H groups in total. The lowest BCUT2D eigenvalue weighted by Crippen LogP contribution is -2.52. The summed E-state index contributed by atoms with van der Waals surface area (Å²) in [6.45, 7) is 9.43. The highest BCUT2D eigenvalue weighted by Crippen LogP contribution is 2.29. The number of halogens is 1. The van der Waals surface area contributed by atoms with E-state index in [0.29, 0.717) is 29.2 Å². The normalized spacial score (nSPS) is 12.1. The highest BCUT2D eigenvalue weighted by molar-refractivity contribution is 7.92. The average Bonchev–Trinajstić information content (AvgIpc) is 2.93. The van der Waals surface area contributed by atoms with Crippen LogP contribution in [0.2, 0.25) is 5.02 Å². The van der Waals surface area contributed by atoms with E-state index in [2.05, 4.69) is 5.32 Å². The maximum absolute atomic E-state index is 14.1. The van der Waals surface area contributed by atoms with Gasteiger partial charge in [-0.05, 0) is 74.6 Å². The lowest BCUT2D eigenvalue weighted by atomic mass is 10.1. The van der Waals surface area contributed by atoms with Crippen molar-refractivity contribution >= 4 is 39.1 Å². The van der Waals surface area contributed by atoms with E-state index in [4.69, 9.17) is 11.6 Å². The number of nitrogens with one attached hydrogen (secondary N) is 1. The molecule has 3 aromatic rings. The minimum absolute atomic E-state index is 0.0573. The number of hydrogen-bond donors (Lipinski definition) is 1. The van der Waals surface area contributed by atoms with E-state index in [-0.39, 0.29) is 17.3 Å². The van der Waals surface area contributed by atoms with Gasteiger partial charge in [0.15, 0.2) is 0 Å². The molecule has 0 bridgehead atoms. The lowest BCUT2D eigenvalue weighted by Gasteiger charge is -2.34. The SMILES string of the molecule is CCCNC(=O)[C@@H](CC)N(Cc1ccccc1Cl)C(=O)CN(c1cccc(C)c1C)S(=O)(=O)c1ccc(C)cc1. The predicted octanol–water partition coefficient (Wildman–Crippen LogP) is 5.79. The van der Waals surface area contributed by atoms with Gasteiger partial charge in [-0.1, -0.05) is 73.5 Å². The first kappa shape index (κ1) is 31.2. The van der Waals surface area contributed by atoms with Crippen LogP contribution >= 0.6 is 11.6 Å². The Hall–Kier alpha value is -3.36. The Morgan fingerprint density at radius 2 is 1.60 bits per heavy atom. The van der Waals surface area contributed by atoms with E-state index >= 15 is 0 Å². The van der Waals surface area contributed by atoms with Crippen molar-refractivity contribution in [3.8, 4) is 0 Å². The molecule has 1 atom stereocenters. The number of carbonyl (C=O) groups is 2. The molecule has 2 amide bonds. The molecule has 0 saturated carbocycles. The van der Waals surface area contributed by atoms with Crippen LogP contribution in [-0.4, -0.2) is 44.3 Å². The van der Waals surface area contributed by atoms with E-state index in [0.717, 1.165) is 27.4 Å². The molecule has 0 fully saturated rings. The summed E-state index contributed by atoms with van der Waals surface area (Å²) in [6, 6.07) is 18.2. The Kier molecular flexibility index (Phi) is 10.8. The molecule has 0 spiro atoms. The fourth-order valence-corrected chi connectivity index (χ4v) is 6.12. The summed E-state index contributed by atoms with van der Waals surface area (Å²) in [7, 11) is -4.13. The number of benzene rings is 3. The molecule has 9 heteroatoms. The van der Waals surface area contributed by atoms with Crippen LogP contribution in [0.1, 0.15) is 48.9 Å². The zero-order valence-corrected chi connectivity index (χ0v) is 25.3. The summed E-state index contributed by atoms with van der Waals surface area (Å²) in [5.41, 5.74) is 3.64. The van der Waals surface area contributed by atoms with Gasteiger partial charge in [-0.15, -0.1) is 0 Å². The Balaban J connectivity index is 2.11. The Morgan fingerprint density at radius 1 is 0.925 bits per heavy atom. The van der Waals surface area contributed by atoms with Crippen molar-refractivity contribution in [2.24, 2.45) is 0 Å². The fraction of sp³-hybridized carbons (Fsp3) is 0.355. The number of aryl methyl sites for hydroxylation is 2. The molecule has 0 aliphatic heterocycles. The first-order valence-corrected chi connectivity index (χ1v) is 15.3. The van der Waals surface area contributed by atoms with Crippen LogP contribution in [0, 0.1) is 20.8 Å². The zero-order chi connectivity index (χ0) is 29.4. The number of nitrogens with zero attached hydrogens (tertiary/aromatic N) is 2. The third kappa shape index (κ3) is 7.23. The van der Waals surface area contributed by atoms with Crippen LogP contribution < -0.4 is 9.62 Å². The monoisotopic (exact) mass is 583 g/mol. The van der Waals surface area contributed by atoms with Gasteiger partial charge in [-0.2, -0.15) is 0 Å². The molecule has 214 valence electrons. The largest absolute Gasteiger partial charge is 0.354 e. The third-order valence-electron chi connectivity index (χ3n) is 6.97. The molecule has 0 saturated heterocycles. The number of rotatable bonds is 12. The van der Waals surface area contributed by atoms with Crippen LogP contribution in [0.5, 0.6) is 0 Å². The van der Waals surface area contributed by atoms with Crippen LogP contribution in [0.15, 0.2) is 71.6 Å². The molecule has 0 aromatic heterocycles. The Bertz CT molecular complexity index is 1440. The van der Waals surface area contributed by atoms with Gasteiger partial charge in [-0.3, -0.25) is 13.9 Å². The highest BCUT2D eigenvalue weighted by atomic mass is 35.5. The Morgan fingerprint density at radius 3 is 2.23 bits per heavy atom. The maximum Gasteiger partial charge on any atom is 0.264 e. The van der Waals surface area contributed by atoms with Gasteiger partial charge in [0.25, 0.3) is 10.0 Å². The van der Waals surface area contributed by atoms with Gasteiger partial charge in [0.2, 0.25) is 11.8 Å². The van der Waals surface area contributed by atoms with E-state index in [1.807, 2.05) is 46.8 Å². The van der Waals surface area contributed by atoms with Crippen molar-refractivity contribution in [3.05, 3.63) is 94.0 Å².